The summed E-state index contributed by atoms with van der Waals surface area (Å²) in [7, 11) is 1.95. The molecule has 142 valence electrons. The number of carbonyl (C=O) groups excluding carboxylic acids is 2. The first-order valence-electron chi connectivity index (χ1n) is 9.45. The predicted octanol–water partition coefficient (Wildman–Crippen LogP) is 3.44. The van der Waals surface area contributed by atoms with E-state index < -0.39 is 0 Å². The Balaban J connectivity index is 1.73. The van der Waals surface area contributed by atoms with Crippen molar-refractivity contribution in [3.8, 4) is 0 Å². The summed E-state index contributed by atoms with van der Waals surface area (Å²) in [5.41, 5.74) is 3.95. The lowest BCUT2D eigenvalue weighted by molar-refractivity contribution is -0.120. The number of nitrogens with zero attached hydrogens (tertiary/aromatic N) is 2. The smallest absolute Gasteiger partial charge is 0.241 e. The van der Waals surface area contributed by atoms with E-state index in [0.29, 0.717) is 25.2 Å². The Morgan fingerprint density at radius 3 is 2.52 bits per heavy atom. The maximum atomic E-state index is 13.1. The van der Waals surface area contributed by atoms with Crippen LogP contribution in [0.25, 0.3) is 0 Å². The fraction of sp³-hybridized carbons (Fsp3) is 0.364. The Labute approximate surface area is 161 Å². The Morgan fingerprint density at radius 1 is 1.15 bits per heavy atom. The summed E-state index contributed by atoms with van der Waals surface area (Å²) in [5.74, 6) is -0.0613. The number of hydrogen-bond donors (Lipinski definition) is 1. The van der Waals surface area contributed by atoms with Crippen molar-refractivity contribution in [2.75, 3.05) is 23.8 Å². The van der Waals surface area contributed by atoms with Crippen molar-refractivity contribution < 1.29 is 9.59 Å². The number of fused-ring (bicyclic) bond motifs is 1. The zero-order chi connectivity index (χ0) is 19.4. The van der Waals surface area contributed by atoms with Gasteiger partial charge in [0, 0.05) is 19.0 Å². The minimum atomic E-state index is -0.182. The van der Waals surface area contributed by atoms with Crippen LogP contribution < -0.4 is 10.2 Å². The molecule has 5 heteroatoms. The molecule has 1 atom stereocenters. The van der Waals surface area contributed by atoms with Gasteiger partial charge in [-0.25, -0.2) is 0 Å². The number of benzene rings is 2. The monoisotopic (exact) mass is 365 g/mol. The standard InChI is InChI=1S/C22H27N3O2/c1-4-17-9-11-18(12-10-17)14-24(3)15-22(27)25-16(2)13-21(26)23-19-7-5-6-8-20(19)25/h5-12,16H,4,13-15H2,1-3H3,(H,23,26)/t16-/m1/s1. The number of carbonyl (C=O) groups is 2. The molecule has 27 heavy (non-hydrogen) atoms. The molecule has 1 aliphatic rings. The molecule has 1 heterocycles. The van der Waals surface area contributed by atoms with Crippen molar-refractivity contribution in [2.45, 2.75) is 39.3 Å². The lowest BCUT2D eigenvalue weighted by Crippen LogP contribution is -2.44. The van der Waals surface area contributed by atoms with Crippen LogP contribution in [0.4, 0.5) is 11.4 Å². The molecule has 0 radical (unpaired) electrons. The minimum absolute atomic E-state index is 0.000807. The van der Waals surface area contributed by atoms with Crippen LogP contribution in [0.1, 0.15) is 31.4 Å². The normalized spacial score (nSPS) is 16.7. The maximum absolute atomic E-state index is 13.1. The summed E-state index contributed by atoms with van der Waals surface area (Å²) in [6.45, 7) is 5.06. The van der Waals surface area contributed by atoms with Crippen molar-refractivity contribution in [3.63, 3.8) is 0 Å². The molecule has 0 fully saturated rings. The fourth-order valence-electron chi connectivity index (χ4n) is 3.52. The fourth-order valence-corrected chi connectivity index (χ4v) is 3.52. The van der Waals surface area contributed by atoms with Gasteiger partial charge in [0.15, 0.2) is 0 Å². The quantitative estimate of drug-likeness (QED) is 0.883. The van der Waals surface area contributed by atoms with Crippen LogP contribution in [0, 0.1) is 0 Å². The highest BCUT2D eigenvalue weighted by Gasteiger charge is 2.29. The molecule has 2 aromatic carbocycles. The lowest BCUT2D eigenvalue weighted by atomic mass is 10.1. The molecule has 0 bridgehead atoms. The Bertz CT molecular complexity index is 817. The first-order chi connectivity index (χ1) is 13.0. The highest BCUT2D eigenvalue weighted by Crippen LogP contribution is 2.31. The average Bonchev–Trinajstić information content (AvgIpc) is 2.76. The minimum Gasteiger partial charge on any atom is -0.324 e. The Morgan fingerprint density at radius 2 is 1.81 bits per heavy atom. The van der Waals surface area contributed by atoms with Crippen molar-refractivity contribution in [3.05, 3.63) is 59.7 Å². The first kappa shape index (κ1) is 19.1. The first-order valence-corrected chi connectivity index (χ1v) is 9.45. The summed E-state index contributed by atoms with van der Waals surface area (Å²) in [6, 6.07) is 15.8. The lowest BCUT2D eigenvalue weighted by Gasteiger charge is -2.29. The SMILES string of the molecule is CCc1ccc(CN(C)CC(=O)N2c3ccccc3NC(=O)C[C@H]2C)cc1. The molecule has 0 spiro atoms. The number of anilines is 2. The molecule has 0 saturated carbocycles. The largest absolute Gasteiger partial charge is 0.324 e. The summed E-state index contributed by atoms with van der Waals surface area (Å²) in [6.07, 6.45) is 1.32. The molecule has 3 rings (SSSR count). The van der Waals surface area contributed by atoms with Crippen LogP contribution in [-0.4, -0.2) is 36.3 Å². The van der Waals surface area contributed by atoms with Gasteiger partial charge in [0.2, 0.25) is 11.8 Å². The van der Waals surface area contributed by atoms with Gasteiger partial charge in [-0.3, -0.25) is 14.5 Å². The Hall–Kier alpha value is -2.66. The van der Waals surface area contributed by atoms with Crippen LogP contribution in [0.3, 0.4) is 0 Å². The van der Waals surface area contributed by atoms with E-state index in [2.05, 4.69) is 36.5 Å². The summed E-state index contributed by atoms with van der Waals surface area (Å²) in [4.78, 5) is 28.9. The van der Waals surface area contributed by atoms with Gasteiger partial charge in [0.25, 0.3) is 0 Å². The zero-order valence-corrected chi connectivity index (χ0v) is 16.2. The van der Waals surface area contributed by atoms with Gasteiger partial charge in [-0.05, 0) is 43.7 Å². The van der Waals surface area contributed by atoms with Gasteiger partial charge in [-0.15, -0.1) is 0 Å². The third-order valence-corrected chi connectivity index (χ3v) is 4.92. The molecule has 2 amide bonds. The molecule has 2 aromatic rings. The van der Waals surface area contributed by atoms with Crippen molar-refractivity contribution in [2.24, 2.45) is 0 Å². The molecule has 0 aliphatic carbocycles. The van der Waals surface area contributed by atoms with Gasteiger partial charge in [0.1, 0.15) is 0 Å². The number of para-hydroxylation sites is 2. The van der Waals surface area contributed by atoms with Crippen LogP contribution in [0.15, 0.2) is 48.5 Å². The number of nitrogens with one attached hydrogen (secondary N) is 1. The summed E-state index contributed by atoms with van der Waals surface area (Å²) >= 11 is 0. The Kier molecular flexibility index (Phi) is 5.91. The van der Waals surface area contributed by atoms with Gasteiger partial charge in [-0.2, -0.15) is 0 Å². The van der Waals surface area contributed by atoms with E-state index in [1.54, 1.807) is 4.90 Å². The highest BCUT2D eigenvalue weighted by atomic mass is 16.2. The van der Waals surface area contributed by atoms with E-state index in [1.807, 2.05) is 43.1 Å². The van der Waals surface area contributed by atoms with Crippen molar-refractivity contribution >= 4 is 23.2 Å². The molecular formula is C22H27N3O2. The van der Waals surface area contributed by atoms with Crippen LogP contribution in [0.2, 0.25) is 0 Å². The van der Waals surface area contributed by atoms with Crippen LogP contribution in [0.5, 0.6) is 0 Å². The van der Waals surface area contributed by atoms with E-state index in [0.717, 1.165) is 12.1 Å². The predicted molar refractivity (Wildman–Crippen MR) is 109 cm³/mol. The zero-order valence-electron chi connectivity index (χ0n) is 16.2. The molecule has 1 N–H and O–H groups in total. The molecule has 0 saturated heterocycles. The second kappa shape index (κ2) is 8.35. The number of rotatable bonds is 5. The van der Waals surface area contributed by atoms with Gasteiger partial charge < -0.3 is 10.2 Å². The summed E-state index contributed by atoms with van der Waals surface area (Å²) < 4.78 is 0. The number of aryl methyl sites for hydroxylation is 1. The topological polar surface area (TPSA) is 52.7 Å². The average molecular weight is 365 g/mol. The van der Waals surface area contributed by atoms with Crippen LogP contribution >= 0.6 is 0 Å². The molecular weight excluding hydrogens is 338 g/mol. The van der Waals surface area contributed by atoms with E-state index in [-0.39, 0.29) is 17.9 Å². The number of hydrogen-bond acceptors (Lipinski definition) is 3. The van der Waals surface area contributed by atoms with Crippen molar-refractivity contribution in [1.82, 2.24) is 4.90 Å². The third kappa shape index (κ3) is 4.55. The van der Waals surface area contributed by atoms with Gasteiger partial charge in [-0.1, -0.05) is 43.3 Å². The molecule has 1 aliphatic heterocycles. The molecule has 0 aromatic heterocycles. The van der Waals surface area contributed by atoms with Gasteiger partial charge >= 0.3 is 0 Å². The van der Waals surface area contributed by atoms with Crippen molar-refractivity contribution in [1.29, 1.82) is 0 Å². The molecule has 0 unspecified atom stereocenters. The molecule has 5 nitrogen and oxygen atoms in total. The summed E-state index contributed by atoms with van der Waals surface area (Å²) in [5, 5.41) is 2.90. The maximum Gasteiger partial charge on any atom is 0.241 e. The third-order valence-electron chi connectivity index (χ3n) is 4.92. The van der Waals surface area contributed by atoms with E-state index in [4.69, 9.17) is 0 Å². The van der Waals surface area contributed by atoms with Gasteiger partial charge in [0.05, 0.1) is 17.9 Å². The second-order valence-electron chi connectivity index (χ2n) is 7.22. The van der Waals surface area contributed by atoms with E-state index in [9.17, 15) is 9.59 Å². The van der Waals surface area contributed by atoms with E-state index in [1.165, 1.54) is 11.1 Å². The second-order valence-corrected chi connectivity index (χ2v) is 7.22. The number of likely N-dealkylation sites (N-methyl/N-ethyl adjacent to an activating group) is 1. The highest BCUT2D eigenvalue weighted by molar-refractivity contribution is 6.04. The number of amides is 2. The van der Waals surface area contributed by atoms with E-state index >= 15 is 0 Å². The van der Waals surface area contributed by atoms with Crippen LogP contribution in [-0.2, 0) is 22.6 Å².